The van der Waals surface area contributed by atoms with E-state index in [-0.39, 0.29) is 16.2 Å². The molecule has 2 rings (SSSR count). The number of rotatable bonds is 4. The lowest BCUT2D eigenvalue weighted by Crippen LogP contribution is -2.28. The zero-order valence-electron chi connectivity index (χ0n) is 10.9. The Morgan fingerprint density at radius 1 is 1.20 bits per heavy atom. The maximum atomic E-state index is 12.2. The number of nitrogens with zero attached hydrogens (tertiary/aromatic N) is 3. The van der Waals surface area contributed by atoms with E-state index in [0.717, 1.165) is 12.0 Å². The van der Waals surface area contributed by atoms with Gasteiger partial charge in [0.2, 0.25) is 0 Å². The van der Waals surface area contributed by atoms with E-state index in [1.807, 2.05) is 12.1 Å². The first-order valence-electron chi connectivity index (χ1n) is 6.04. The van der Waals surface area contributed by atoms with Gasteiger partial charge in [0.1, 0.15) is 10.3 Å². The molecule has 0 unspecified atom stereocenters. The highest BCUT2D eigenvalue weighted by Gasteiger charge is 2.13. The Morgan fingerprint density at radius 2 is 1.80 bits per heavy atom. The van der Waals surface area contributed by atoms with E-state index in [4.69, 9.17) is 23.2 Å². The minimum Gasteiger partial charge on any atom is -0.341 e. The van der Waals surface area contributed by atoms with E-state index in [9.17, 15) is 4.79 Å². The van der Waals surface area contributed by atoms with Crippen molar-refractivity contribution in [2.24, 2.45) is 0 Å². The van der Waals surface area contributed by atoms with Crippen molar-refractivity contribution < 1.29 is 4.79 Å². The number of carbonyl (C=O) groups is 1. The molecule has 0 N–H and O–H groups in total. The van der Waals surface area contributed by atoms with Crippen molar-refractivity contribution in [2.75, 3.05) is 13.6 Å². The van der Waals surface area contributed by atoms with Gasteiger partial charge in [0.05, 0.1) is 0 Å². The third kappa shape index (κ3) is 3.92. The molecule has 2 heterocycles. The van der Waals surface area contributed by atoms with Crippen LogP contribution in [0, 0.1) is 0 Å². The molecule has 0 spiro atoms. The van der Waals surface area contributed by atoms with Gasteiger partial charge < -0.3 is 4.90 Å². The molecule has 1 amide bonds. The molecular formula is C14H13Cl2N3O. The zero-order chi connectivity index (χ0) is 14.5. The lowest BCUT2D eigenvalue weighted by molar-refractivity contribution is 0.0796. The van der Waals surface area contributed by atoms with E-state index in [1.165, 1.54) is 12.1 Å². The van der Waals surface area contributed by atoms with Crippen molar-refractivity contribution in [3.05, 3.63) is 58.1 Å². The molecule has 4 nitrogen and oxygen atoms in total. The SMILES string of the molecule is CN(CCc1ccncc1)C(=O)c1cc(Cl)nc(Cl)c1. The fourth-order valence-electron chi connectivity index (χ4n) is 1.76. The average molecular weight is 310 g/mol. The summed E-state index contributed by atoms with van der Waals surface area (Å²) >= 11 is 11.6. The van der Waals surface area contributed by atoms with E-state index in [0.29, 0.717) is 12.1 Å². The van der Waals surface area contributed by atoms with Crippen molar-refractivity contribution >= 4 is 29.1 Å². The molecule has 0 bridgehead atoms. The van der Waals surface area contributed by atoms with Crippen LogP contribution in [-0.2, 0) is 6.42 Å². The second kappa shape index (κ2) is 6.68. The molecule has 0 saturated heterocycles. The average Bonchev–Trinajstić information content (AvgIpc) is 2.44. The molecule has 104 valence electrons. The van der Waals surface area contributed by atoms with Crippen molar-refractivity contribution in [2.45, 2.75) is 6.42 Å². The van der Waals surface area contributed by atoms with Gasteiger partial charge in [-0.2, -0.15) is 0 Å². The lowest BCUT2D eigenvalue weighted by Gasteiger charge is -2.17. The standard InChI is InChI=1S/C14H13Cl2N3O/c1-19(7-4-10-2-5-17-6-3-10)14(20)11-8-12(15)18-13(16)9-11/h2-3,5-6,8-9H,4,7H2,1H3. The monoisotopic (exact) mass is 309 g/mol. The highest BCUT2D eigenvalue weighted by molar-refractivity contribution is 6.33. The predicted molar refractivity (Wildman–Crippen MR) is 79.2 cm³/mol. The summed E-state index contributed by atoms with van der Waals surface area (Å²) in [5.41, 5.74) is 1.57. The Bertz CT molecular complexity index is 584. The van der Waals surface area contributed by atoms with Crippen LogP contribution in [0.15, 0.2) is 36.7 Å². The van der Waals surface area contributed by atoms with Crippen molar-refractivity contribution in [3.63, 3.8) is 0 Å². The number of pyridine rings is 2. The lowest BCUT2D eigenvalue weighted by atomic mass is 10.2. The van der Waals surface area contributed by atoms with Gasteiger partial charge in [-0.15, -0.1) is 0 Å². The molecule has 0 aromatic carbocycles. The topological polar surface area (TPSA) is 46.1 Å². The van der Waals surface area contributed by atoms with Crippen LogP contribution in [0.4, 0.5) is 0 Å². The molecule has 20 heavy (non-hydrogen) atoms. The normalized spacial score (nSPS) is 10.3. The van der Waals surface area contributed by atoms with Crippen LogP contribution in [0.25, 0.3) is 0 Å². The van der Waals surface area contributed by atoms with Crippen LogP contribution in [0.1, 0.15) is 15.9 Å². The van der Waals surface area contributed by atoms with Gasteiger partial charge in [0.15, 0.2) is 0 Å². The highest BCUT2D eigenvalue weighted by atomic mass is 35.5. The maximum absolute atomic E-state index is 12.2. The first-order chi connectivity index (χ1) is 9.56. The molecule has 0 aliphatic heterocycles. The molecule has 0 aliphatic carbocycles. The Labute approximate surface area is 127 Å². The minimum absolute atomic E-state index is 0.134. The molecule has 0 radical (unpaired) electrons. The largest absolute Gasteiger partial charge is 0.341 e. The molecule has 6 heteroatoms. The van der Waals surface area contributed by atoms with Gasteiger partial charge in [0, 0.05) is 31.5 Å². The zero-order valence-corrected chi connectivity index (χ0v) is 12.4. The molecule has 2 aromatic rings. The smallest absolute Gasteiger partial charge is 0.253 e. The van der Waals surface area contributed by atoms with E-state index in [2.05, 4.69) is 9.97 Å². The number of aromatic nitrogens is 2. The number of hydrogen-bond acceptors (Lipinski definition) is 3. The van der Waals surface area contributed by atoms with Gasteiger partial charge in [0.25, 0.3) is 5.91 Å². The first kappa shape index (κ1) is 14.8. The van der Waals surface area contributed by atoms with Crippen LogP contribution in [0.5, 0.6) is 0 Å². The summed E-state index contributed by atoms with van der Waals surface area (Å²) in [6.07, 6.45) is 4.23. The summed E-state index contributed by atoms with van der Waals surface area (Å²) in [7, 11) is 1.74. The second-order valence-electron chi connectivity index (χ2n) is 4.33. The van der Waals surface area contributed by atoms with Gasteiger partial charge in [-0.05, 0) is 36.2 Å². The maximum Gasteiger partial charge on any atom is 0.253 e. The van der Waals surface area contributed by atoms with Crippen LogP contribution in [-0.4, -0.2) is 34.4 Å². The fourth-order valence-corrected chi connectivity index (χ4v) is 2.22. The number of hydrogen-bond donors (Lipinski definition) is 0. The molecule has 0 fully saturated rings. The molecule has 0 aliphatic rings. The minimum atomic E-state index is -0.134. The van der Waals surface area contributed by atoms with E-state index in [1.54, 1.807) is 24.3 Å². The number of carbonyl (C=O) groups excluding carboxylic acids is 1. The fraction of sp³-hybridized carbons (Fsp3) is 0.214. The Hall–Kier alpha value is -1.65. The quantitative estimate of drug-likeness (QED) is 0.815. The summed E-state index contributed by atoms with van der Waals surface area (Å²) in [5.74, 6) is -0.134. The molecule has 0 atom stereocenters. The highest BCUT2D eigenvalue weighted by Crippen LogP contribution is 2.16. The molecule has 0 saturated carbocycles. The second-order valence-corrected chi connectivity index (χ2v) is 5.11. The predicted octanol–water partition coefficient (Wildman–Crippen LogP) is 3.10. The Morgan fingerprint density at radius 3 is 2.40 bits per heavy atom. The Balaban J connectivity index is 2.01. The molecule has 2 aromatic heterocycles. The van der Waals surface area contributed by atoms with Crippen molar-refractivity contribution in [1.82, 2.24) is 14.9 Å². The van der Waals surface area contributed by atoms with Crippen LogP contribution in [0.2, 0.25) is 10.3 Å². The number of halogens is 2. The third-order valence-electron chi connectivity index (χ3n) is 2.84. The van der Waals surface area contributed by atoms with Gasteiger partial charge in [-0.25, -0.2) is 4.98 Å². The van der Waals surface area contributed by atoms with E-state index >= 15 is 0 Å². The third-order valence-corrected chi connectivity index (χ3v) is 3.23. The molecular weight excluding hydrogens is 297 g/mol. The van der Waals surface area contributed by atoms with Gasteiger partial charge in [-0.1, -0.05) is 23.2 Å². The summed E-state index contributed by atoms with van der Waals surface area (Å²) in [5, 5.41) is 0.423. The Kier molecular flexibility index (Phi) is 4.93. The van der Waals surface area contributed by atoms with Crippen molar-refractivity contribution in [3.8, 4) is 0 Å². The van der Waals surface area contributed by atoms with E-state index < -0.39 is 0 Å². The van der Waals surface area contributed by atoms with Crippen LogP contribution < -0.4 is 0 Å². The van der Waals surface area contributed by atoms with Gasteiger partial charge >= 0.3 is 0 Å². The number of amides is 1. The van der Waals surface area contributed by atoms with Crippen molar-refractivity contribution in [1.29, 1.82) is 0 Å². The first-order valence-corrected chi connectivity index (χ1v) is 6.79. The summed E-state index contributed by atoms with van der Waals surface area (Å²) in [4.78, 5) is 21.6. The van der Waals surface area contributed by atoms with Crippen LogP contribution in [0.3, 0.4) is 0 Å². The van der Waals surface area contributed by atoms with Crippen LogP contribution >= 0.6 is 23.2 Å². The summed E-state index contributed by atoms with van der Waals surface area (Å²) in [6, 6.07) is 6.88. The summed E-state index contributed by atoms with van der Waals surface area (Å²) in [6.45, 7) is 0.598. The number of likely N-dealkylation sites (N-methyl/N-ethyl adjacent to an activating group) is 1. The van der Waals surface area contributed by atoms with Gasteiger partial charge in [-0.3, -0.25) is 9.78 Å². The summed E-state index contributed by atoms with van der Waals surface area (Å²) < 4.78 is 0.